The van der Waals surface area contributed by atoms with E-state index < -0.39 is 0 Å². The highest BCUT2D eigenvalue weighted by Gasteiger charge is 1.95. The van der Waals surface area contributed by atoms with Gasteiger partial charge in [-0.1, -0.05) is 6.07 Å². The molecule has 0 unspecified atom stereocenters. The molecule has 1 aromatic rings. The minimum absolute atomic E-state index is 0.289. The molecule has 4 N–H and O–H groups in total. The van der Waals surface area contributed by atoms with Gasteiger partial charge in [0.25, 0.3) is 0 Å². The zero-order valence-corrected chi connectivity index (χ0v) is 9.29. The zero-order valence-electron chi connectivity index (χ0n) is 9.29. The number of rotatable bonds is 6. The van der Waals surface area contributed by atoms with Gasteiger partial charge in [-0.2, -0.15) is 0 Å². The minimum Gasteiger partial charge on any atom is -0.398 e. The normalized spacial score (nSPS) is 10.3. The quantitative estimate of drug-likeness (QED) is 0.496. The molecule has 3 heteroatoms. The van der Waals surface area contributed by atoms with Gasteiger partial charge in [0.2, 0.25) is 0 Å². The Morgan fingerprint density at radius 3 is 2.73 bits per heavy atom. The molecule has 0 saturated heterocycles. The van der Waals surface area contributed by atoms with E-state index in [1.54, 1.807) is 0 Å². The number of anilines is 2. The van der Waals surface area contributed by atoms with Crippen molar-refractivity contribution in [2.45, 2.75) is 26.2 Å². The Kier molecular flexibility index (Phi) is 4.98. The number of hydrogen-bond donors (Lipinski definition) is 3. The predicted molar refractivity (Wildman–Crippen MR) is 65.0 cm³/mol. The largest absolute Gasteiger partial charge is 0.398 e. The molecule has 0 aromatic heterocycles. The van der Waals surface area contributed by atoms with Crippen LogP contribution in [0.25, 0.3) is 0 Å². The van der Waals surface area contributed by atoms with Crippen LogP contribution in [-0.2, 0) is 0 Å². The molecule has 15 heavy (non-hydrogen) atoms. The van der Waals surface area contributed by atoms with Crippen LogP contribution in [0.1, 0.15) is 24.8 Å². The van der Waals surface area contributed by atoms with E-state index in [1.165, 1.54) is 0 Å². The molecule has 0 atom stereocenters. The molecule has 0 heterocycles. The molecule has 0 aliphatic carbocycles. The minimum atomic E-state index is 0.289. The summed E-state index contributed by atoms with van der Waals surface area (Å²) in [5, 5.41) is 11.9. The van der Waals surface area contributed by atoms with Gasteiger partial charge in [-0.05, 0) is 43.9 Å². The first-order valence-corrected chi connectivity index (χ1v) is 5.45. The first-order chi connectivity index (χ1) is 7.24. The topological polar surface area (TPSA) is 58.3 Å². The van der Waals surface area contributed by atoms with E-state index in [-0.39, 0.29) is 6.61 Å². The lowest BCUT2D eigenvalue weighted by Gasteiger charge is -2.08. The molecule has 3 nitrogen and oxygen atoms in total. The highest BCUT2D eigenvalue weighted by atomic mass is 16.2. The monoisotopic (exact) mass is 208 g/mol. The molecule has 0 aliphatic heterocycles. The van der Waals surface area contributed by atoms with E-state index in [0.717, 1.165) is 42.7 Å². The second-order valence-corrected chi connectivity index (χ2v) is 3.78. The number of aryl methyl sites for hydroxylation is 1. The lowest BCUT2D eigenvalue weighted by atomic mass is 10.2. The summed E-state index contributed by atoms with van der Waals surface area (Å²) in [6.45, 7) is 3.22. The van der Waals surface area contributed by atoms with Crippen molar-refractivity contribution in [2.24, 2.45) is 0 Å². The Labute approximate surface area is 91.3 Å². The number of nitrogen functional groups attached to an aromatic ring is 1. The number of aliphatic hydroxyl groups excluding tert-OH is 1. The Hall–Kier alpha value is -1.22. The Morgan fingerprint density at radius 1 is 1.27 bits per heavy atom. The standard InChI is InChI=1S/C12H20N2O/c1-10-5-6-11(9-12(10)13)14-7-3-2-4-8-15/h5-6,9,14-15H,2-4,7-8,13H2,1H3. The van der Waals surface area contributed by atoms with Gasteiger partial charge < -0.3 is 16.2 Å². The van der Waals surface area contributed by atoms with Crippen molar-refractivity contribution in [3.05, 3.63) is 23.8 Å². The van der Waals surface area contributed by atoms with Crippen molar-refractivity contribution >= 4 is 11.4 Å². The van der Waals surface area contributed by atoms with Crippen LogP contribution in [-0.4, -0.2) is 18.3 Å². The van der Waals surface area contributed by atoms with Gasteiger partial charge in [-0.25, -0.2) is 0 Å². The summed E-state index contributed by atoms with van der Waals surface area (Å²) < 4.78 is 0. The maximum absolute atomic E-state index is 8.61. The van der Waals surface area contributed by atoms with Gasteiger partial charge in [0.05, 0.1) is 0 Å². The molecular formula is C12H20N2O. The molecule has 0 aliphatic rings. The summed E-state index contributed by atoms with van der Waals surface area (Å²) in [5.41, 5.74) is 8.81. The third-order valence-electron chi connectivity index (χ3n) is 2.44. The average molecular weight is 208 g/mol. The van der Waals surface area contributed by atoms with Crippen LogP contribution in [0.3, 0.4) is 0 Å². The molecule has 84 valence electrons. The molecule has 1 aromatic carbocycles. The Bertz CT molecular complexity index is 300. The van der Waals surface area contributed by atoms with E-state index in [9.17, 15) is 0 Å². The fourth-order valence-electron chi connectivity index (χ4n) is 1.40. The van der Waals surface area contributed by atoms with Gasteiger partial charge >= 0.3 is 0 Å². The molecule has 0 fully saturated rings. The molecule has 0 bridgehead atoms. The fraction of sp³-hybridized carbons (Fsp3) is 0.500. The van der Waals surface area contributed by atoms with Crippen LogP contribution in [0.4, 0.5) is 11.4 Å². The van der Waals surface area contributed by atoms with Crippen LogP contribution in [0, 0.1) is 6.92 Å². The van der Waals surface area contributed by atoms with Crippen LogP contribution < -0.4 is 11.1 Å². The van der Waals surface area contributed by atoms with Crippen LogP contribution >= 0.6 is 0 Å². The van der Waals surface area contributed by atoms with Gasteiger partial charge in [0.15, 0.2) is 0 Å². The summed E-state index contributed by atoms with van der Waals surface area (Å²) in [7, 11) is 0. The molecular weight excluding hydrogens is 188 g/mol. The van der Waals surface area contributed by atoms with Crippen LogP contribution in [0.2, 0.25) is 0 Å². The summed E-state index contributed by atoms with van der Waals surface area (Å²) in [6, 6.07) is 6.02. The first kappa shape index (κ1) is 11.9. The van der Waals surface area contributed by atoms with E-state index in [1.807, 2.05) is 25.1 Å². The summed E-state index contributed by atoms with van der Waals surface area (Å²) in [6.07, 6.45) is 3.02. The first-order valence-electron chi connectivity index (χ1n) is 5.45. The maximum atomic E-state index is 8.61. The molecule has 0 saturated carbocycles. The van der Waals surface area contributed by atoms with Gasteiger partial charge in [-0.3, -0.25) is 0 Å². The van der Waals surface area contributed by atoms with Gasteiger partial charge in [0, 0.05) is 24.5 Å². The summed E-state index contributed by atoms with van der Waals surface area (Å²) in [4.78, 5) is 0. The molecule has 0 spiro atoms. The number of aliphatic hydroxyl groups is 1. The Balaban J connectivity index is 2.28. The van der Waals surface area contributed by atoms with Crippen molar-refractivity contribution < 1.29 is 5.11 Å². The molecule has 1 rings (SSSR count). The number of nitrogens with two attached hydrogens (primary N) is 1. The highest BCUT2D eigenvalue weighted by molar-refractivity contribution is 5.58. The average Bonchev–Trinajstić information content (AvgIpc) is 2.23. The summed E-state index contributed by atoms with van der Waals surface area (Å²) >= 11 is 0. The van der Waals surface area contributed by atoms with E-state index in [4.69, 9.17) is 10.8 Å². The fourth-order valence-corrected chi connectivity index (χ4v) is 1.40. The van der Waals surface area contributed by atoms with Crippen LogP contribution in [0.5, 0.6) is 0 Å². The van der Waals surface area contributed by atoms with Gasteiger partial charge in [-0.15, -0.1) is 0 Å². The number of nitrogens with one attached hydrogen (secondary N) is 1. The predicted octanol–water partition coefficient (Wildman–Crippen LogP) is 2.15. The highest BCUT2D eigenvalue weighted by Crippen LogP contribution is 2.16. The number of unbranched alkanes of at least 4 members (excludes halogenated alkanes) is 2. The molecule has 0 radical (unpaired) electrons. The van der Waals surface area contributed by atoms with Crippen molar-refractivity contribution in [2.75, 3.05) is 24.2 Å². The third kappa shape index (κ3) is 4.21. The van der Waals surface area contributed by atoms with E-state index in [2.05, 4.69) is 5.32 Å². The summed E-state index contributed by atoms with van der Waals surface area (Å²) in [5.74, 6) is 0. The number of benzene rings is 1. The van der Waals surface area contributed by atoms with Crippen LogP contribution in [0.15, 0.2) is 18.2 Å². The number of hydrogen-bond acceptors (Lipinski definition) is 3. The Morgan fingerprint density at radius 2 is 2.07 bits per heavy atom. The van der Waals surface area contributed by atoms with E-state index in [0.29, 0.717) is 0 Å². The van der Waals surface area contributed by atoms with Crippen molar-refractivity contribution in [3.63, 3.8) is 0 Å². The van der Waals surface area contributed by atoms with Crippen molar-refractivity contribution in [1.82, 2.24) is 0 Å². The zero-order chi connectivity index (χ0) is 11.1. The second-order valence-electron chi connectivity index (χ2n) is 3.78. The van der Waals surface area contributed by atoms with Gasteiger partial charge in [0.1, 0.15) is 0 Å². The lowest BCUT2D eigenvalue weighted by molar-refractivity contribution is 0.283. The molecule has 0 amide bonds. The lowest BCUT2D eigenvalue weighted by Crippen LogP contribution is -2.02. The van der Waals surface area contributed by atoms with Crippen molar-refractivity contribution in [3.8, 4) is 0 Å². The van der Waals surface area contributed by atoms with Crippen molar-refractivity contribution in [1.29, 1.82) is 0 Å². The second kappa shape index (κ2) is 6.30. The smallest absolute Gasteiger partial charge is 0.0431 e. The third-order valence-corrected chi connectivity index (χ3v) is 2.44. The van der Waals surface area contributed by atoms with E-state index >= 15 is 0 Å². The SMILES string of the molecule is Cc1ccc(NCCCCCO)cc1N. The maximum Gasteiger partial charge on any atom is 0.0431 e.